The van der Waals surface area contributed by atoms with E-state index in [1.807, 2.05) is 0 Å². The van der Waals surface area contributed by atoms with Crippen LogP contribution in [0.1, 0.15) is 15.9 Å². The topological polar surface area (TPSA) is 55.4 Å². The van der Waals surface area contributed by atoms with Crippen molar-refractivity contribution in [1.29, 1.82) is 0 Å². The van der Waals surface area contributed by atoms with Gasteiger partial charge in [0.25, 0.3) is 5.91 Å². The Morgan fingerprint density at radius 1 is 1.00 bits per heavy atom. The molecule has 0 spiro atoms. The number of nitrogens with one attached hydrogen (secondary N) is 1. The second-order valence-corrected chi connectivity index (χ2v) is 4.35. The first-order chi connectivity index (χ1) is 10.1. The van der Waals surface area contributed by atoms with Crippen LogP contribution >= 0.6 is 0 Å². The number of hydrogen-bond acceptors (Lipinski definition) is 3. The molecule has 0 unspecified atom stereocenters. The zero-order valence-electron chi connectivity index (χ0n) is 11.2. The van der Waals surface area contributed by atoms with E-state index >= 15 is 0 Å². The van der Waals surface area contributed by atoms with Crippen LogP contribution < -0.4 is 5.32 Å². The molecule has 4 nitrogen and oxygen atoms in total. The van der Waals surface area contributed by atoms with Crippen LogP contribution in [-0.2, 0) is 16.1 Å². The number of hydrogen-bond donors (Lipinski definition) is 1. The highest BCUT2D eigenvalue weighted by Crippen LogP contribution is 2.03. The van der Waals surface area contributed by atoms with Gasteiger partial charge in [-0.25, -0.2) is 9.18 Å². The number of carbonyl (C=O) groups excluding carboxylic acids is 2. The third-order valence-corrected chi connectivity index (χ3v) is 2.75. The molecule has 0 heterocycles. The van der Waals surface area contributed by atoms with Gasteiger partial charge >= 0.3 is 5.97 Å². The molecule has 0 aromatic heterocycles. The molecule has 0 aliphatic heterocycles. The van der Waals surface area contributed by atoms with Crippen LogP contribution in [0.4, 0.5) is 4.39 Å². The van der Waals surface area contributed by atoms with Crippen LogP contribution in [-0.4, -0.2) is 18.5 Å². The number of amides is 1. The largest absolute Gasteiger partial charge is 0.452 e. The highest BCUT2D eigenvalue weighted by molar-refractivity contribution is 5.91. The van der Waals surface area contributed by atoms with Crippen LogP contribution in [0, 0.1) is 5.82 Å². The van der Waals surface area contributed by atoms with Crippen LogP contribution in [0.2, 0.25) is 0 Å². The van der Waals surface area contributed by atoms with Crippen LogP contribution in [0.5, 0.6) is 0 Å². The summed E-state index contributed by atoms with van der Waals surface area (Å²) in [4.78, 5) is 23.2. The monoisotopic (exact) mass is 287 g/mol. The van der Waals surface area contributed by atoms with Gasteiger partial charge in [0.2, 0.25) is 0 Å². The second-order valence-electron chi connectivity index (χ2n) is 4.35. The average molecular weight is 287 g/mol. The molecule has 0 radical (unpaired) electrons. The highest BCUT2D eigenvalue weighted by atomic mass is 19.1. The second kappa shape index (κ2) is 7.19. The number of halogens is 1. The lowest BCUT2D eigenvalue weighted by Gasteiger charge is -2.06. The summed E-state index contributed by atoms with van der Waals surface area (Å²) in [5.41, 5.74) is 1.16. The fourth-order valence-electron chi connectivity index (χ4n) is 1.64. The van der Waals surface area contributed by atoms with E-state index in [9.17, 15) is 14.0 Å². The molecule has 0 atom stereocenters. The van der Waals surface area contributed by atoms with Crippen molar-refractivity contribution in [2.75, 3.05) is 6.61 Å². The number of esters is 1. The van der Waals surface area contributed by atoms with Crippen molar-refractivity contribution < 1.29 is 18.7 Å². The van der Waals surface area contributed by atoms with Crippen molar-refractivity contribution in [3.8, 4) is 0 Å². The summed E-state index contributed by atoms with van der Waals surface area (Å²) >= 11 is 0. The Hall–Kier alpha value is -2.69. The summed E-state index contributed by atoms with van der Waals surface area (Å²) in [6, 6.07) is 14.2. The Kier molecular flexibility index (Phi) is 5.04. The predicted octanol–water partition coefficient (Wildman–Crippen LogP) is 2.30. The van der Waals surface area contributed by atoms with Crippen LogP contribution in [0.25, 0.3) is 0 Å². The lowest BCUT2D eigenvalue weighted by molar-refractivity contribution is -0.124. The molecule has 0 saturated carbocycles. The molecule has 0 aliphatic carbocycles. The maximum atomic E-state index is 12.7. The van der Waals surface area contributed by atoms with Gasteiger partial charge in [0.15, 0.2) is 6.61 Å². The van der Waals surface area contributed by atoms with Gasteiger partial charge in [0, 0.05) is 6.54 Å². The van der Waals surface area contributed by atoms with E-state index < -0.39 is 11.9 Å². The first-order valence-electron chi connectivity index (χ1n) is 6.38. The molecule has 0 bridgehead atoms. The van der Waals surface area contributed by atoms with Gasteiger partial charge in [-0.1, -0.05) is 30.3 Å². The van der Waals surface area contributed by atoms with E-state index in [4.69, 9.17) is 4.74 Å². The van der Waals surface area contributed by atoms with Crippen molar-refractivity contribution in [2.24, 2.45) is 0 Å². The van der Waals surface area contributed by atoms with E-state index in [-0.39, 0.29) is 19.0 Å². The fourth-order valence-corrected chi connectivity index (χ4v) is 1.64. The van der Waals surface area contributed by atoms with Gasteiger partial charge in [-0.3, -0.25) is 4.79 Å². The summed E-state index contributed by atoms with van der Waals surface area (Å²) in [6.07, 6.45) is 0. The molecule has 108 valence electrons. The predicted molar refractivity (Wildman–Crippen MR) is 75.0 cm³/mol. The Morgan fingerprint density at radius 2 is 1.67 bits per heavy atom. The molecular formula is C16H14FNO3. The zero-order chi connectivity index (χ0) is 15.1. The van der Waals surface area contributed by atoms with Crippen LogP contribution in [0.15, 0.2) is 54.6 Å². The molecule has 1 N–H and O–H groups in total. The van der Waals surface area contributed by atoms with Gasteiger partial charge in [-0.15, -0.1) is 0 Å². The molecule has 5 heteroatoms. The molecule has 0 aliphatic rings. The van der Waals surface area contributed by atoms with E-state index in [0.717, 1.165) is 5.56 Å². The molecular weight excluding hydrogens is 273 g/mol. The maximum Gasteiger partial charge on any atom is 0.338 e. The summed E-state index contributed by atoms with van der Waals surface area (Å²) in [7, 11) is 0. The van der Waals surface area contributed by atoms with E-state index in [0.29, 0.717) is 5.56 Å². The van der Waals surface area contributed by atoms with E-state index in [2.05, 4.69) is 5.32 Å². The van der Waals surface area contributed by atoms with Crippen molar-refractivity contribution in [3.05, 3.63) is 71.5 Å². The number of ether oxygens (including phenoxy) is 1. The lowest BCUT2D eigenvalue weighted by Crippen LogP contribution is -2.28. The van der Waals surface area contributed by atoms with E-state index in [1.54, 1.807) is 42.5 Å². The average Bonchev–Trinajstić information content (AvgIpc) is 2.53. The first kappa shape index (κ1) is 14.7. The number of benzene rings is 2. The summed E-state index contributed by atoms with van der Waals surface area (Å²) < 4.78 is 17.6. The molecule has 1 amide bonds. The third-order valence-electron chi connectivity index (χ3n) is 2.75. The van der Waals surface area contributed by atoms with Gasteiger partial charge in [0.1, 0.15) is 5.82 Å². The first-order valence-corrected chi connectivity index (χ1v) is 6.38. The Morgan fingerprint density at radius 3 is 2.33 bits per heavy atom. The summed E-state index contributed by atoms with van der Waals surface area (Å²) in [5, 5.41) is 2.59. The molecule has 21 heavy (non-hydrogen) atoms. The zero-order valence-corrected chi connectivity index (χ0v) is 11.2. The Bertz CT molecular complexity index is 611. The number of carbonyl (C=O) groups is 2. The quantitative estimate of drug-likeness (QED) is 0.858. The van der Waals surface area contributed by atoms with Gasteiger partial charge < -0.3 is 10.1 Å². The van der Waals surface area contributed by atoms with Crippen molar-refractivity contribution in [3.63, 3.8) is 0 Å². The fraction of sp³-hybridized carbons (Fsp3) is 0.125. The highest BCUT2D eigenvalue weighted by Gasteiger charge is 2.09. The normalized spacial score (nSPS) is 9.95. The minimum atomic E-state index is -0.549. The summed E-state index contributed by atoms with van der Waals surface area (Å²) in [6.45, 7) is -0.100. The van der Waals surface area contributed by atoms with Crippen LogP contribution in [0.3, 0.4) is 0 Å². The molecule has 2 aromatic rings. The SMILES string of the molecule is O=C(COC(=O)c1ccccc1)NCc1ccc(F)cc1. The minimum absolute atomic E-state index is 0.252. The number of rotatable bonds is 5. The Balaban J connectivity index is 1.75. The lowest BCUT2D eigenvalue weighted by atomic mass is 10.2. The molecule has 0 fully saturated rings. The van der Waals surface area contributed by atoms with Gasteiger partial charge in [-0.2, -0.15) is 0 Å². The molecule has 0 saturated heterocycles. The smallest absolute Gasteiger partial charge is 0.338 e. The maximum absolute atomic E-state index is 12.7. The third kappa shape index (κ3) is 4.72. The molecule has 2 rings (SSSR count). The van der Waals surface area contributed by atoms with Crippen molar-refractivity contribution >= 4 is 11.9 Å². The van der Waals surface area contributed by atoms with Crippen molar-refractivity contribution in [2.45, 2.75) is 6.54 Å². The van der Waals surface area contributed by atoms with Gasteiger partial charge in [-0.05, 0) is 29.8 Å². The standard InChI is InChI=1S/C16H14FNO3/c17-14-8-6-12(7-9-14)10-18-15(19)11-21-16(20)13-4-2-1-3-5-13/h1-9H,10-11H2,(H,18,19). The van der Waals surface area contributed by atoms with Crippen molar-refractivity contribution in [1.82, 2.24) is 5.32 Å². The molecule has 2 aromatic carbocycles. The Labute approximate surface area is 121 Å². The van der Waals surface area contributed by atoms with Gasteiger partial charge in [0.05, 0.1) is 5.56 Å². The summed E-state index contributed by atoms with van der Waals surface area (Å²) in [5.74, 6) is -1.29. The van der Waals surface area contributed by atoms with E-state index in [1.165, 1.54) is 12.1 Å². The minimum Gasteiger partial charge on any atom is -0.452 e.